The fraction of sp³-hybridized carbons (Fsp3) is 1.00. The molecule has 0 radical (unpaired) electrons. The Morgan fingerprint density at radius 2 is 1.56 bits per heavy atom. The summed E-state index contributed by atoms with van der Waals surface area (Å²) >= 11 is 0. The van der Waals surface area contributed by atoms with Crippen LogP contribution in [0, 0.1) is 0 Å². The maximum atomic E-state index is 11.4. The summed E-state index contributed by atoms with van der Waals surface area (Å²) < 4.78 is 35.1. The van der Waals surface area contributed by atoms with E-state index in [-0.39, 0.29) is 26.4 Å². The molecule has 0 saturated carbocycles. The van der Waals surface area contributed by atoms with Crippen LogP contribution in [0.1, 0.15) is 0 Å². The van der Waals surface area contributed by atoms with Gasteiger partial charge in [-0.3, -0.25) is 9.05 Å². The molecule has 0 amide bonds. The van der Waals surface area contributed by atoms with Gasteiger partial charge in [0.05, 0.1) is 26.4 Å². The Kier molecular flexibility index (Phi) is 9.80. The lowest BCUT2D eigenvalue weighted by atomic mass is 10.4. The molecule has 0 aromatic carbocycles. The zero-order valence-corrected chi connectivity index (χ0v) is 11.7. The third-order valence-electron chi connectivity index (χ3n) is 1.90. The molecule has 0 aliphatic carbocycles. The average molecular weight is 288 g/mol. The summed E-state index contributed by atoms with van der Waals surface area (Å²) in [5.41, 5.74) is 0. The van der Waals surface area contributed by atoms with Crippen LogP contribution in [0.2, 0.25) is 0 Å². The molecule has 3 unspecified atom stereocenters. The molecule has 0 heterocycles. The van der Waals surface area contributed by atoms with Gasteiger partial charge in [0, 0.05) is 21.3 Å². The molecule has 2 N–H and O–H groups in total. The number of rotatable bonds is 11. The van der Waals surface area contributed by atoms with Crippen molar-refractivity contribution in [1.82, 2.24) is 0 Å². The van der Waals surface area contributed by atoms with Crippen molar-refractivity contribution in [3.05, 3.63) is 0 Å². The van der Waals surface area contributed by atoms with Crippen molar-refractivity contribution < 1.29 is 37.8 Å². The summed E-state index contributed by atoms with van der Waals surface area (Å²) in [5.74, 6) is 0. The number of phosphoric acid groups is 1. The van der Waals surface area contributed by atoms with Crippen molar-refractivity contribution in [2.45, 2.75) is 12.2 Å². The highest BCUT2D eigenvalue weighted by Gasteiger charge is 2.24. The minimum Gasteiger partial charge on any atom is -0.388 e. The number of hydrogen-bond donors (Lipinski definition) is 2. The summed E-state index contributed by atoms with van der Waals surface area (Å²) in [4.78, 5) is 9.31. The predicted molar refractivity (Wildman–Crippen MR) is 62.3 cm³/mol. The fourth-order valence-electron chi connectivity index (χ4n) is 1.01. The molecule has 0 fully saturated rings. The minimum atomic E-state index is -4.21. The van der Waals surface area contributed by atoms with E-state index < -0.39 is 20.0 Å². The summed E-state index contributed by atoms with van der Waals surface area (Å²) in [6, 6.07) is 0. The molecule has 110 valence electrons. The Morgan fingerprint density at radius 1 is 1.00 bits per heavy atom. The number of aliphatic hydroxyl groups is 1. The molecular formula is C9H21O8P. The maximum absolute atomic E-state index is 11.4. The van der Waals surface area contributed by atoms with E-state index in [0.717, 1.165) is 0 Å². The van der Waals surface area contributed by atoms with Crippen molar-refractivity contribution in [2.24, 2.45) is 0 Å². The van der Waals surface area contributed by atoms with Gasteiger partial charge in [-0.1, -0.05) is 0 Å². The smallest absolute Gasteiger partial charge is 0.388 e. The molecule has 0 aromatic rings. The highest BCUT2D eigenvalue weighted by molar-refractivity contribution is 7.47. The molecule has 0 aliphatic rings. The normalized spacial score (nSPS) is 18.3. The third kappa shape index (κ3) is 8.96. The third-order valence-corrected chi connectivity index (χ3v) is 2.85. The van der Waals surface area contributed by atoms with Crippen LogP contribution in [-0.2, 0) is 27.8 Å². The Labute approximate surface area is 106 Å². The summed E-state index contributed by atoms with van der Waals surface area (Å²) in [6.07, 6.45) is -1.46. The van der Waals surface area contributed by atoms with Gasteiger partial charge in [-0.15, -0.1) is 0 Å². The summed E-state index contributed by atoms with van der Waals surface area (Å²) in [5, 5.41) is 9.24. The first-order chi connectivity index (χ1) is 8.45. The van der Waals surface area contributed by atoms with Crippen molar-refractivity contribution in [2.75, 3.05) is 47.8 Å². The molecule has 8 nitrogen and oxygen atoms in total. The number of methoxy groups -OCH3 is 3. The van der Waals surface area contributed by atoms with Crippen LogP contribution in [0.5, 0.6) is 0 Å². The molecular weight excluding hydrogens is 267 g/mol. The van der Waals surface area contributed by atoms with Crippen molar-refractivity contribution in [3.63, 3.8) is 0 Å². The first-order valence-electron chi connectivity index (χ1n) is 5.25. The highest BCUT2D eigenvalue weighted by Crippen LogP contribution is 2.43. The maximum Gasteiger partial charge on any atom is 0.472 e. The molecule has 0 bridgehead atoms. The highest BCUT2D eigenvalue weighted by atomic mass is 31.2. The SMILES string of the molecule is COCC(O)COP(=O)(O)OCC(COC)OC. The van der Waals surface area contributed by atoms with Gasteiger partial charge in [0.2, 0.25) is 0 Å². The molecule has 3 atom stereocenters. The van der Waals surface area contributed by atoms with Crippen LogP contribution < -0.4 is 0 Å². The molecule has 0 aromatic heterocycles. The molecule has 0 spiro atoms. The van der Waals surface area contributed by atoms with E-state index in [2.05, 4.69) is 9.26 Å². The first kappa shape index (κ1) is 17.9. The van der Waals surface area contributed by atoms with E-state index in [1.54, 1.807) is 0 Å². The van der Waals surface area contributed by atoms with E-state index in [1.807, 2.05) is 0 Å². The van der Waals surface area contributed by atoms with Crippen LogP contribution in [-0.4, -0.2) is 70.0 Å². The predicted octanol–water partition coefficient (Wildman–Crippen LogP) is -0.211. The van der Waals surface area contributed by atoms with Crippen molar-refractivity contribution in [1.29, 1.82) is 0 Å². The first-order valence-corrected chi connectivity index (χ1v) is 6.75. The Morgan fingerprint density at radius 3 is 2.06 bits per heavy atom. The molecule has 9 heteroatoms. The van der Waals surface area contributed by atoms with Gasteiger partial charge in [0.25, 0.3) is 0 Å². The molecule has 0 rings (SSSR count). The Bertz CT molecular complexity index is 249. The van der Waals surface area contributed by atoms with Crippen LogP contribution in [0.4, 0.5) is 0 Å². The number of aliphatic hydroxyl groups excluding tert-OH is 1. The van der Waals surface area contributed by atoms with Crippen LogP contribution >= 0.6 is 7.82 Å². The largest absolute Gasteiger partial charge is 0.472 e. The summed E-state index contributed by atoms with van der Waals surface area (Å²) in [6.45, 7) is -0.283. The van der Waals surface area contributed by atoms with Crippen LogP contribution in [0.3, 0.4) is 0 Å². The second kappa shape index (κ2) is 9.82. The second-order valence-electron chi connectivity index (χ2n) is 3.48. The lowest BCUT2D eigenvalue weighted by Gasteiger charge is -2.18. The van der Waals surface area contributed by atoms with Gasteiger partial charge in [-0.25, -0.2) is 4.57 Å². The standard InChI is InChI=1S/C9H21O8P/c1-13-4-8(10)5-16-18(11,12)17-7-9(15-3)6-14-2/h8-10H,4-7H2,1-3H3,(H,11,12). The van der Waals surface area contributed by atoms with Gasteiger partial charge in [-0.05, 0) is 0 Å². The van der Waals surface area contributed by atoms with Gasteiger partial charge in [0.15, 0.2) is 0 Å². The Hall–Kier alpha value is -0.0500. The van der Waals surface area contributed by atoms with E-state index in [1.165, 1.54) is 21.3 Å². The zero-order chi connectivity index (χ0) is 14.0. The zero-order valence-electron chi connectivity index (χ0n) is 10.8. The number of hydrogen-bond acceptors (Lipinski definition) is 7. The summed E-state index contributed by atoms with van der Waals surface area (Å²) in [7, 11) is 0.0866. The van der Waals surface area contributed by atoms with E-state index in [0.29, 0.717) is 0 Å². The molecule has 18 heavy (non-hydrogen) atoms. The topological polar surface area (TPSA) is 104 Å². The minimum absolute atomic E-state index is 0.00434. The van der Waals surface area contributed by atoms with Crippen molar-refractivity contribution in [3.8, 4) is 0 Å². The quantitative estimate of drug-likeness (QED) is 0.503. The lowest BCUT2D eigenvalue weighted by molar-refractivity contribution is -0.0151. The number of phosphoric ester groups is 1. The van der Waals surface area contributed by atoms with Gasteiger partial charge < -0.3 is 24.2 Å². The van der Waals surface area contributed by atoms with Crippen LogP contribution in [0.15, 0.2) is 0 Å². The van der Waals surface area contributed by atoms with Gasteiger partial charge >= 0.3 is 7.82 Å². The van der Waals surface area contributed by atoms with Gasteiger partial charge in [-0.2, -0.15) is 0 Å². The van der Waals surface area contributed by atoms with E-state index >= 15 is 0 Å². The van der Waals surface area contributed by atoms with Crippen molar-refractivity contribution >= 4 is 7.82 Å². The van der Waals surface area contributed by atoms with Crippen LogP contribution in [0.25, 0.3) is 0 Å². The Balaban J connectivity index is 3.95. The van der Waals surface area contributed by atoms with Gasteiger partial charge in [0.1, 0.15) is 12.2 Å². The monoisotopic (exact) mass is 288 g/mol. The lowest BCUT2D eigenvalue weighted by Crippen LogP contribution is -2.24. The fourth-order valence-corrected chi connectivity index (χ4v) is 1.80. The second-order valence-corrected chi connectivity index (χ2v) is 4.94. The number of ether oxygens (including phenoxy) is 3. The molecule has 0 aliphatic heterocycles. The molecule has 0 saturated heterocycles. The van der Waals surface area contributed by atoms with E-state index in [4.69, 9.17) is 14.0 Å². The van der Waals surface area contributed by atoms with E-state index in [9.17, 15) is 14.6 Å². The average Bonchev–Trinajstić information content (AvgIpc) is 2.32.